The second-order valence-corrected chi connectivity index (χ2v) is 3.27. The van der Waals surface area contributed by atoms with E-state index in [0.29, 0.717) is 0 Å². The average molecular weight is 210 g/mol. The van der Waals surface area contributed by atoms with Gasteiger partial charge in [0.25, 0.3) is 0 Å². The van der Waals surface area contributed by atoms with E-state index in [4.69, 9.17) is 10.2 Å². The summed E-state index contributed by atoms with van der Waals surface area (Å²) in [7, 11) is 0. The van der Waals surface area contributed by atoms with Crippen LogP contribution in [0.3, 0.4) is 0 Å². The Hall–Kier alpha value is -0.280. The maximum Gasteiger partial charge on any atom is 0.219 e. The minimum atomic E-state index is -2.36. The lowest BCUT2D eigenvalue weighted by molar-refractivity contribution is -0.357. The van der Waals surface area contributed by atoms with Crippen molar-refractivity contribution in [2.45, 2.75) is 30.2 Å². The van der Waals surface area contributed by atoms with Crippen molar-refractivity contribution < 1.29 is 35.4 Å². The van der Waals surface area contributed by atoms with Gasteiger partial charge in [0.15, 0.2) is 0 Å². The van der Waals surface area contributed by atoms with Crippen LogP contribution in [0.25, 0.3) is 0 Å². The zero-order chi connectivity index (χ0) is 10.9. The summed E-state index contributed by atoms with van der Waals surface area (Å²) in [5.41, 5.74) is 0. The van der Waals surface area contributed by atoms with E-state index in [1.54, 1.807) is 0 Å². The molecule has 7 nitrogen and oxygen atoms in total. The molecule has 7 heteroatoms. The molecule has 1 fully saturated rings. The molecule has 0 saturated carbocycles. The van der Waals surface area contributed by atoms with Gasteiger partial charge in [-0.15, -0.1) is 0 Å². The Bertz CT molecular complexity index is 196. The molecule has 1 saturated heterocycles. The molecular weight excluding hydrogens is 196 g/mol. The van der Waals surface area contributed by atoms with Crippen LogP contribution >= 0.6 is 0 Å². The predicted molar refractivity (Wildman–Crippen MR) is 42.0 cm³/mol. The van der Waals surface area contributed by atoms with Gasteiger partial charge in [0.1, 0.15) is 24.4 Å². The maximum absolute atomic E-state index is 9.43. The number of hydrogen-bond acceptors (Lipinski definition) is 7. The zero-order valence-corrected chi connectivity index (χ0v) is 7.32. The first kappa shape index (κ1) is 11.8. The Morgan fingerprint density at radius 3 is 2.07 bits per heavy atom. The van der Waals surface area contributed by atoms with Crippen LogP contribution in [0.4, 0.5) is 0 Å². The van der Waals surface area contributed by atoms with Gasteiger partial charge < -0.3 is 35.4 Å². The fourth-order valence-corrected chi connectivity index (χ4v) is 1.35. The van der Waals surface area contributed by atoms with Crippen molar-refractivity contribution in [1.82, 2.24) is 0 Å². The Labute approximate surface area is 79.8 Å². The Kier molecular flexibility index (Phi) is 3.43. The summed E-state index contributed by atoms with van der Waals surface area (Å²) in [6, 6.07) is 0. The predicted octanol–water partition coefficient (Wildman–Crippen LogP) is -3.86. The molecule has 1 aliphatic heterocycles. The lowest BCUT2D eigenvalue weighted by Crippen LogP contribution is -2.66. The first-order valence-corrected chi connectivity index (χ1v) is 4.12. The van der Waals surface area contributed by atoms with Crippen LogP contribution in [-0.2, 0) is 4.74 Å². The SMILES string of the molecule is OC[C@H]1O[C@@](O)(CO)[C@H](O)[C@@H](O)[C@@H]1O. The fraction of sp³-hybridized carbons (Fsp3) is 1.00. The smallest absolute Gasteiger partial charge is 0.219 e. The van der Waals surface area contributed by atoms with Crippen LogP contribution < -0.4 is 0 Å². The summed E-state index contributed by atoms with van der Waals surface area (Å²) < 4.78 is 4.66. The van der Waals surface area contributed by atoms with Crippen molar-refractivity contribution in [3.63, 3.8) is 0 Å². The number of aliphatic hydroxyl groups is 6. The average Bonchev–Trinajstić information content (AvgIpc) is 2.20. The van der Waals surface area contributed by atoms with Crippen molar-refractivity contribution >= 4 is 0 Å². The molecule has 0 radical (unpaired) electrons. The van der Waals surface area contributed by atoms with E-state index < -0.39 is 43.4 Å². The number of ether oxygens (including phenoxy) is 1. The molecule has 0 unspecified atom stereocenters. The summed E-state index contributed by atoms with van der Waals surface area (Å²) >= 11 is 0. The summed E-state index contributed by atoms with van der Waals surface area (Å²) in [4.78, 5) is 0. The molecule has 6 N–H and O–H groups in total. The minimum Gasteiger partial charge on any atom is -0.394 e. The molecule has 0 aromatic heterocycles. The first-order valence-electron chi connectivity index (χ1n) is 4.12. The van der Waals surface area contributed by atoms with E-state index >= 15 is 0 Å². The van der Waals surface area contributed by atoms with Crippen molar-refractivity contribution in [3.8, 4) is 0 Å². The van der Waals surface area contributed by atoms with Crippen molar-refractivity contribution in [2.75, 3.05) is 13.2 Å². The van der Waals surface area contributed by atoms with Crippen molar-refractivity contribution in [3.05, 3.63) is 0 Å². The van der Waals surface area contributed by atoms with E-state index in [2.05, 4.69) is 4.74 Å². The molecule has 84 valence electrons. The van der Waals surface area contributed by atoms with Gasteiger partial charge in [0.05, 0.1) is 13.2 Å². The van der Waals surface area contributed by atoms with Crippen LogP contribution in [-0.4, -0.2) is 74.1 Å². The first-order chi connectivity index (χ1) is 6.46. The fourth-order valence-electron chi connectivity index (χ4n) is 1.35. The second-order valence-electron chi connectivity index (χ2n) is 3.27. The summed E-state index contributed by atoms with van der Waals surface area (Å²) in [6.07, 6.45) is -6.27. The van der Waals surface area contributed by atoms with E-state index in [9.17, 15) is 20.4 Å². The molecule has 0 spiro atoms. The summed E-state index contributed by atoms with van der Waals surface area (Å²) in [6.45, 7) is -1.60. The molecule has 0 aromatic carbocycles. The van der Waals surface area contributed by atoms with Crippen LogP contribution in [0.5, 0.6) is 0 Å². The molecule has 14 heavy (non-hydrogen) atoms. The number of rotatable bonds is 2. The van der Waals surface area contributed by atoms with Gasteiger partial charge in [-0.1, -0.05) is 0 Å². The van der Waals surface area contributed by atoms with Gasteiger partial charge >= 0.3 is 0 Å². The molecule has 0 aromatic rings. The molecule has 0 aliphatic carbocycles. The number of aliphatic hydroxyl groups excluding tert-OH is 5. The van der Waals surface area contributed by atoms with Gasteiger partial charge in [0.2, 0.25) is 5.79 Å². The van der Waals surface area contributed by atoms with Gasteiger partial charge in [0, 0.05) is 0 Å². The topological polar surface area (TPSA) is 131 Å². The zero-order valence-electron chi connectivity index (χ0n) is 7.32. The molecule has 1 rings (SSSR count). The van der Waals surface area contributed by atoms with Gasteiger partial charge in [-0.05, 0) is 0 Å². The van der Waals surface area contributed by atoms with Gasteiger partial charge in [-0.3, -0.25) is 0 Å². The van der Waals surface area contributed by atoms with E-state index in [-0.39, 0.29) is 0 Å². The van der Waals surface area contributed by atoms with Gasteiger partial charge in [-0.25, -0.2) is 0 Å². The van der Waals surface area contributed by atoms with E-state index in [1.807, 2.05) is 0 Å². The van der Waals surface area contributed by atoms with Crippen molar-refractivity contribution in [1.29, 1.82) is 0 Å². The standard InChI is InChI=1S/C7H14O7/c8-1-3-4(10)5(11)6(12)7(13,2-9)14-3/h3-6,8-13H,1-2H2/t3-,4-,5+,6-,7+/m1/s1. The molecule has 1 aliphatic rings. The quantitative estimate of drug-likeness (QED) is 0.275. The lowest BCUT2D eigenvalue weighted by atomic mass is 9.93. The Morgan fingerprint density at radius 1 is 1.07 bits per heavy atom. The Balaban J connectivity index is 2.84. The van der Waals surface area contributed by atoms with Crippen LogP contribution in [0, 0.1) is 0 Å². The van der Waals surface area contributed by atoms with E-state index in [0.717, 1.165) is 0 Å². The monoisotopic (exact) mass is 210 g/mol. The molecule has 0 amide bonds. The van der Waals surface area contributed by atoms with Crippen molar-refractivity contribution in [2.24, 2.45) is 0 Å². The van der Waals surface area contributed by atoms with Crippen LogP contribution in [0.1, 0.15) is 0 Å². The van der Waals surface area contributed by atoms with Gasteiger partial charge in [-0.2, -0.15) is 0 Å². The van der Waals surface area contributed by atoms with E-state index in [1.165, 1.54) is 0 Å². The van der Waals surface area contributed by atoms with Crippen LogP contribution in [0.2, 0.25) is 0 Å². The highest BCUT2D eigenvalue weighted by Gasteiger charge is 2.52. The lowest BCUT2D eigenvalue weighted by Gasteiger charge is -2.44. The summed E-state index contributed by atoms with van der Waals surface area (Å²) in [5.74, 6) is -2.36. The normalized spacial score (nSPS) is 49.3. The highest BCUT2D eigenvalue weighted by molar-refractivity contribution is 4.95. The summed E-state index contributed by atoms with van der Waals surface area (Å²) in [5, 5.41) is 54.6. The minimum absolute atomic E-state index is 0.646. The third kappa shape index (κ3) is 1.75. The second kappa shape index (κ2) is 4.07. The molecular formula is C7H14O7. The molecule has 0 bridgehead atoms. The third-order valence-electron chi connectivity index (χ3n) is 2.28. The Morgan fingerprint density at radius 2 is 1.64 bits per heavy atom. The largest absolute Gasteiger partial charge is 0.394 e. The highest BCUT2D eigenvalue weighted by Crippen LogP contribution is 2.27. The maximum atomic E-state index is 9.43. The third-order valence-corrected chi connectivity index (χ3v) is 2.28. The molecule has 5 atom stereocenters. The van der Waals surface area contributed by atoms with Crippen LogP contribution in [0.15, 0.2) is 0 Å². The number of hydrogen-bond donors (Lipinski definition) is 6. The highest BCUT2D eigenvalue weighted by atomic mass is 16.7. The molecule has 1 heterocycles.